The zero-order chi connectivity index (χ0) is 17.8. The fraction of sp³-hybridized carbons (Fsp3) is 0.632. The summed E-state index contributed by atoms with van der Waals surface area (Å²) in [5.74, 6) is 2.17. The summed E-state index contributed by atoms with van der Waals surface area (Å²) in [4.78, 5) is 15.4. The fourth-order valence-corrected chi connectivity index (χ4v) is 6.15. The highest BCUT2D eigenvalue weighted by Crippen LogP contribution is 2.47. The first-order valence-corrected chi connectivity index (χ1v) is 10.6. The summed E-state index contributed by atoms with van der Waals surface area (Å²) in [6.07, 6.45) is 6.09. The molecule has 5 nitrogen and oxygen atoms in total. The third-order valence-electron chi connectivity index (χ3n) is 6.23. The summed E-state index contributed by atoms with van der Waals surface area (Å²) in [5.41, 5.74) is 0.490. The number of benzene rings is 1. The monoisotopic (exact) mass is 362 g/mol. The molecule has 4 aliphatic rings. The zero-order valence-corrected chi connectivity index (χ0v) is 15.7. The molecule has 1 aromatic rings. The lowest BCUT2D eigenvalue weighted by atomic mass is 9.68. The Hall–Kier alpha value is -1.40. The van der Waals surface area contributed by atoms with Gasteiger partial charge in [0, 0.05) is 32.2 Å². The molecular weight excluding hydrogens is 336 g/mol. The molecule has 0 radical (unpaired) electrons. The minimum Gasteiger partial charge on any atom is -0.335 e. The van der Waals surface area contributed by atoms with Crippen LogP contribution in [0.2, 0.25) is 0 Å². The molecule has 2 saturated carbocycles. The van der Waals surface area contributed by atoms with Gasteiger partial charge >= 0.3 is 0 Å². The molecule has 2 atom stereocenters. The number of carbonyl (C=O) groups excluding carboxylic acids is 1. The molecule has 2 aliphatic carbocycles. The van der Waals surface area contributed by atoms with Crippen molar-refractivity contribution in [2.24, 2.45) is 17.8 Å². The highest BCUT2D eigenvalue weighted by Gasteiger charge is 2.44. The van der Waals surface area contributed by atoms with Crippen molar-refractivity contribution in [3.05, 3.63) is 29.8 Å². The van der Waals surface area contributed by atoms with Crippen LogP contribution in [0, 0.1) is 17.8 Å². The molecule has 2 unspecified atom stereocenters. The van der Waals surface area contributed by atoms with Crippen molar-refractivity contribution in [2.45, 2.75) is 43.0 Å². The smallest absolute Gasteiger partial charge is 0.254 e. The largest absolute Gasteiger partial charge is 0.335 e. The van der Waals surface area contributed by atoms with Crippen LogP contribution < -0.4 is 0 Å². The van der Waals surface area contributed by atoms with Crippen molar-refractivity contribution < 1.29 is 13.2 Å². The number of sulfonamides is 1. The maximum absolute atomic E-state index is 13.2. The first-order valence-electron chi connectivity index (χ1n) is 9.18. The van der Waals surface area contributed by atoms with Crippen molar-refractivity contribution >= 4 is 15.9 Å². The van der Waals surface area contributed by atoms with Gasteiger partial charge in [-0.2, -0.15) is 0 Å². The SMILES string of the molecule is CN(C)S(=O)(=O)c1cccc(C(=O)N2CC3CC4CC(C3)CC2C4)c1. The highest BCUT2D eigenvalue weighted by atomic mass is 32.2. The molecule has 136 valence electrons. The van der Waals surface area contributed by atoms with Crippen molar-refractivity contribution in [3.8, 4) is 0 Å². The van der Waals surface area contributed by atoms with E-state index in [9.17, 15) is 13.2 Å². The molecule has 1 amide bonds. The third-order valence-corrected chi connectivity index (χ3v) is 8.04. The zero-order valence-electron chi connectivity index (χ0n) is 14.9. The van der Waals surface area contributed by atoms with Crippen molar-refractivity contribution in [1.29, 1.82) is 0 Å². The Labute approximate surface area is 150 Å². The van der Waals surface area contributed by atoms with E-state index in [0.29, 0.717) is 17.5 Å². The summed E-state index contributed by atoms with van der Waals surface area (Å²) in [6.45, 7) is 0.834. The first-order chi connectivity index (χ1) is 11.8. The Kier molecular flexibility index (Phi) is 4.15. The summed E-state index contributed by atoms with van der Waals surface area (Å²) < 4.78 is 25.9. The maximum atomic E-state index is 13.2. The fourth-order valence-electron chi connectivity index (χ4n) is 5.20. The van der Waals surface area contributed by atoms with Crippen LogP contribution in [0.1, 0.15) is 42.5 Å². The lowest BCUT2D eigenvalue weighted by Gasteiger charge is -2.39. The van der Waals surface area contributed by atoms with Gasteiger partial charge in [-0.25, -0.2) is 12.7 Å². The molecule has 4 fully saturated rings. The van der Waals surface area contributed by atoms with Gasteiger partial charge in [-0.3, -0.25) is 4.79 Å². The number of hydrogen-bond donors (Lipinski definition) is 0. The van der Waals surface area contributed by atoms with Crippen LogP contribution in [-0.2, 0) is 10.0 Å². The molecule has 0 aromatic heterocycles. The van der Waals surface area contributed by atoms with Crippen LogP contribution in [0.3, 0.4) is 0 Å². The minimum absolute atomic E-state index is 0.00555. The standard InChI is InChI=1S/C19H26N2O3S/c1-20(2)25(23,24)18-5-3-4-16(11-18)19(22)21-12-15-7-13-6-14(8-15)10-17(21)9-13/h3-5,11,13-15,17H,6-10,12H2,1-2H3. The lowest BCUT2D eigenvalue weighted by molar-refractivity contribution is 0.0632. The molecule has 2 aliphatic heterocycles. The number of fused-ring (bicyclic) bond motifs is 1. The lowest BCUT2D eigenvalue weighted by Crippen LogP contribution is -2.42. The Morgan fingerprint density at radius 3 is 2.32 bits per heavy atom. The highest BCUT2D eigenvalue weighted by molar-refractivity contribution is 7.89. The van der Waals surface area contributed by atoms with Gasteiger partial charge in [0.1, 0.15) is 0 Å². The molecule has 0 N–H and O–H groups in total. The van der Waals surface area contributed by atoms with Crippen LogP contribution in [0.15, 0.2) is 29.2 Å². The first kappa shape index (κ1) is 17.0. The summed E-state index contributed by atoms with van der Waals surface area (Å²) >= 11 is 0. The Bertz CT molecular complexity index is 776. The van der Waals surface area contributed by atoms with Crippen molar-refractivity contribution in [3.63, 3.8) is 0 Å². The number of hydrogen-bond acceptors (Lipinski definition) is 3. The number of amides is 1. The van der Waals surface area contributed by atoms with E-state index in [2.05, 4.69) is 0 Å². The molecule has 0 spiro atoms. The van der Waals surface area contributed by atoms with E-state index < -0.39 is 10.0 Å². The number of rotatable bonds is 3. The van der Waals surface area contributed by atoms with Crippen LogP contribution in [0.25, 0.3) is 0 Å². The van der Waals surface area contributed by atoms with Gasteiger partial charge in [0.05, 0.1) is 4.90 Å². The normalized spacial score (nSPS) is 31.4. The summed E-state index contributed by atoms with van der Waals surface area (Å²) in [6, 6.07) is 6.84. The molecule has 4 bridgehead atoms. The molecule has 25 heavy (non-hydrogen) atoms. The van der Waals surface area contributed by atoms with Crippen molar-refractivity contribution in [1.82, 2.24) is 9.21 Å². The van der Waals surface area contributed by atoms with Gasteiger partial charge in [-0.05, 0) is 68.1 Å². The van der Waals surface area contributed by atoms with E-state index in [1.807, 2.05) is 4.90 Å². The van der Waals surface area contributed by atoms with E-state index in [4.69, 9.17) is 0 Å². The maximum Gasteiger partial charge on any atom is 0.254 e. The van der Waals surface area contributed by atoms with Gasteiger partial charge < -0.3 is 4.90 Å². The van der Waals surface area contributed by atoms with Crippen molar-refractivity contribution in [2.75, 3.05) is 20.6 Å². The molecular formula is C19H26N2O3S. The molecule has 6 heteroatoms. The predicted molar refractivity (Wildman–Crippen MR) is 95.7 cm³/mol. The summed E-state index contributed by atoms with van der Waals surface area (Å²) in [5, 5.41) is 0. The molecule has 2 saturated heterocycles. The molecule has 2 heterocycles. The van der Waals surface area contributed by atoms with Gasteiger partial charge in [0.25, 0.3) is 5.91 Å². The quantitative estimate of drug-likeness (QED) is 0.830. The Balaban J connectivity index is 1.63. The second-order valence-corrected chi connectivity index (χ2v) is 10.4. The average molecular weight is 362 g/mol. The van der Waals surface area contributed by atoms with Crippen LogP contribution in [0.5, 0.6) is 0 Å². The van der Waals surface area contributed by atoms with E-state index in [1.54, 1.807) is 18.2 Å². The van der Waals surface area contributed by atoms with Gasteiger partial charge in [-0.1, -0.05) is 6.07 Å². The Morgan fingerprint density at radius 2 is 1.68 bits per heavy atom. The van der Waals surface area contributed by atoms with E-state index >= 15 is 0 Å². The van der Waals surface area contributed by atoms with Gasteiger partial charge in [0.15, 0.2) is 0 Å². The van der Waals surface area contributed by atoms with Crippen LogP contribution in [0.4, 0.5) is 0 Å². The van der Waals surface area contributed by atoms with E-state index in [1.165, 1.54) is 43.7 Å². The molecule has 1 aromatic carbocycles. The minimum atomic E-state index is -3.53. The third kappa shape index (κ3) is 2.99. The van der Waals surface area contributed by atoms with E-state index in [-0.39, 0.29) is 10.8 Å². The summed E-state index contributed by atoms with van der Waals surface area (Å²) in [7, 11) is -0.512. The number of nitrogens with zero attached hydrogens (tertiary/aromatic N) is 2. The molecule has 5 rings (SSSR count). The predicted octanol–water partition coefficient (Wildman–Crippen LogP) is 2.59. The second kappa shape index (κ2) is 6.09. The van der Waals surface area contributed by atoms with Crippen LogP contribution >= 0.6 is 0 Å². The van der Waals surface area contributed by atoms with E-state index in [0.717, 1.165) is 31.2 Å². The van der Waals surface area contributed by atoms with Gasteiger partial charge in [0.2, 0.25) is 10.0 Å². The Morgan fingerprint density at radius 1 is 1.04 bits per heavy atom. The van der Waals surface area contributed by atoms with Gasteiger partial charge in [-0.15, -0.1) is 0 Å². The second-order valence-electron chi connectivity index (χ2n) is 8.20. The van der Waals surface area contributed by atoms with Crippen LogP contribution in [-0.4, -0.2) is 50.2 Å². The topological polar surface area (TPSA) is 57.7 Å². The number of carbonyl (C=O) groups is 1. The average Bonchev–Trinajstić information content (AvgIpc) is 2.77.